The quantitative estimate of drug-likeness (QED) is 0.422. The fourth-order valence-electron chi connectivity index (χ4n) is 0.670. The van der Waals surface area contributed by atoms with Crippen molar-refractivity contribution in [3.63, 3.8) is 0 Å². The second-order valence-electron chi connectivity index (χ2n) is 2.14. The van der Waals surface area contributed by atoms with Crippen LogP contribution in [0.1, 0.15) is 6.42 Å². The minimum atomic E-state index is 0. The van der Waals surface area contributed by atoms with E-state index in [-0.39, 0.29) is 17.1 Å². The van der Waals surface area contributed by atoms with Crippen LogP contribution in [-0.2, 0) is 17.1 Å². The molecule has 0 saturated carbocycles. The Bertz CT molecular complexity index is 431. The van der Waals surface area contributed by atoms with Crippen molar-refractivity contribution in [2.75, 3.05) is 6.54 Å². The van der Waals surface area contributed by atoms with Crippen molar-refractivity contribution in [2.24, 2.45) is 5.73 Å². The van der Waals surface area contributed by atoms with Gasteiger partial charge in [-0.3, -0.25) is 22.9 Å². The van der Waals surface area contributed by atoms with Crippen molar-refractivity contribution in [2.45, 2.75) is 6.42 Å². The first-order valence-corrected chi connectivity index (χ1v) is 3.76. The molecule has 2 N–H and O–H groups in total. The zero-order chi connectivity index (χ0) is 9.36. The number of rotatable bonds is 2. The molecule has 0 aromatic carbocycles. The molecular weight excluding hydrogens is 214 g/mol. The van der Waals surface area contributed by atoms with Crippen LogP contribution >= 0.6 is 0 Å². The van der Waals surface area contributed by atoms with Gasteiger partial charge in [-0.1, -0.05) is 0 Å². The van der Waals surface area contributed by atoms with Crippen molar-refractivity contribution in [3.05, 3.63) is 58.2 Å². The molecule has 2 rings (SSSR count). The van der Waals surface area contributed by atoms with Gasteiger partial charge < -0.3 is 5.73 Å². The molecule has 0 fully saturated rings. The molecule has 2 aliphatic rings. The fraction of sp³-hybridized carbons (Fsp3) is 0.167. The summed E-state index contributed by atoms with van der Waals surface area (Å²) in [5.41, 5.74) is 21.9. The van der Waals surface area contributed by atoms with Crippen molar-refractivity contribution in [1.29, 1.82) is 0 Å². The molecule has 0 aromatic rings. The van der Waals surface area contributed by atoms with E-state index in [1.54, 1.807) is 0 Å². The Labute approximate surface area is 94.2 Å². The molecule has 0 heterocycles. The number of nitrogens with two attached hydrogens (primary N) is 1. The van der Waals surface area contributed by atoms with Crippen LogP contribution in [0.3, 0.4) is 0 Å². The smallest absolute Gasteiger partial charge is 0.330 e. The van der Waals surface area contributed by atoms with E-state index in [0.717, 1.165) is 12.0 Å². The second kappa shape index (κ2) is 8.25. The molecule has 0 aromatic heterocycles. The van der Waals surface area contributed by atoms with Gasteiger partial charge in [0.05, 0.1) is 0 Å². The third-order valence-electron chi connectivity index (χ3n) is 1.20. The molecule has 0 bridgehead atoms. The van der Waals surface area contributed by atoms with Crippen LogP contribution in [0.25, 0.3) is 0 Å². The summed E-state index contributed by atoms with van der Waals surface area (Å²) >= 11 is 0. The van der Waals surface area contributed by atoms with E-state index in [9.17, 15) is 0 Å². The first-order chi connectivity index (χ1) is 6.43. The van der Waals surface area contributed by atoms with Crippen LogP contribution in [-0.4, -0.2) is 6.54 Å². The Morgan fingerprint density at radius 3 is 2.36 bits per heavy atom. The summed E-state index contributed by atoms with van der Waals surface area (Å²) in [7, 11) is 0. The van der Waals surface area contributed by atoms with E-state index >= 15 is 0 Å². The Balaban J connectivity index is 0.000000246. The summed E-state index contributed by atoms with van der Waals surface area (Å²) in [5, 5.41) is 0. The molecule has 0 atom stereocenters. The van der Waals surface area contributed by atoms with E-state index in [1.807, 2.05) is 0 Å². The number of hydrogen-bond donors (Lipinski definition) is 1. The zero-order valence-electron chi connectivity index (χ0n) is 7.35. The van der Waals surface area contributed by atoms with Gasteiger partial charge >= 0.3 is 17.1 Å². The first-order valence-electron chi connectivity index (χ1n) is 3.76. The summed E-state index contributed by atoms with van der Waals surface area (Å²) in [6.07, 6.45) is 8.66. The van der Waals surface area contributed by atoms with Crippen molar-refractivity contribution in [3.8, 4) is 0 Å². The minimum Gasteiger partial charge on any atom is -0.330 e. The molecule has 67 valence electrons. The van der Waals surface area contributed by atoms with Crippen molar-refractivity contribution < 1.29 is 17.1 Å². The normalized spacial score (nSPS) is 11.4. The van der Waals surface area contributed by atoms with Crippen LogP contribution in [0.5, 0.6) is 0 Å². The molecule has 0 amide bonds. The Morgan fingerprint density at radius 2 is 2.00 bits per heavy atom. The summed E-state index contributed by atoms with van der Waals surface area (Å²) in [6.45, 7) is 0.651. The Morgan fingerprint density at radius 1 is 1.14 bits per heavy atom. The fourth-order valence-corrected chi connectivity index (χ4v) is 0.670. The maximum absolute atomic E-state index is 5.25. The van der Waals surface area contributed by atoms with Gasteiger partial charge in [-0.25, -0.2) is 11.5 Å². The molecular formula is C12H6FeN. The average molecular weight is 220 g/mol. The van der Waals surface area contributed by atoms with Gasteiger partial charge in [-0.05, 0) is 13.0 Å². The number of allylic oxidation sites excluding steroid dienone is 3. The molecule has 0 aliphatic heterocycles. The van der Waals surface area contributed by atoms with Crippen LogP contribution in [0.2, 0.25) is 0 Å². The first kappa shape index (κ1) is 12.6. The third-order valence-corrected chi connectivity index (χ3v) is 1.20. The monoisotopic (exact) mass is 220 g/mol. The minimum absolute atomic E-state index is 0. The Kier molecular flexibility index (Phi) is 7.45. The van der Waals surface area contributed by atoms with Crippen molar-refractivity contribution in [1.82, 2.24) is 0 Å². The largest absolute Gasteiger partial charge is 2.00 e. The van der Waals surface area contributed by atoms with Crippen LogP contribution in [0, 0.1) is 18.2 Å². The topological polar surface area (TPSA) is 26.0 Å². The Hall–Kier alpha value is -1.36. The molecule has 1 nitrogen and oxygen atoms in total. The second-order valence-corrected chi connectivity index (χ2v) is 2.14. The maximum Gasteiger partial charge on any atom is 2.00 e. The van der Waals surface area contributed by atoms with Crippen LogP contribution in [0.4, 0.5) is 0 Å². The van der Waals surface area contributed by atoms with E-state index in [2.05, 4.69) is 52.6 Å². The summed E-state index contributed by atoms with van der Waals surface area (Å²) in [4.78, 5) is 0. The maximum atomic E-state index is 5.25. The van der Waals surface area contributed by atoms with Gasteiger partial charge in [0.25, 0.3) is 0 Å². The van der Waals surface area contributed by atoms with Gasteiger partial charge in [0.2, 0.25) is 0 Å². The molecule has 2 heteroatoms. The van der Waals surface area contributed by atoms with Gasteiger partial charge in [0.1, 0.15) is 0 Å². The standard InChI is InChI=1S/C7H6N.C5.Fe/c8-6-5-7-3-1-2-4-7;1-2-4-5-3-1;/h5-6,8H2;;/q2*-1;+2. The molecule has 0 spiro atoms. The van der Waals surface area contributed by atoms with E-state index in [0.29, 0.717) is 6.54 Å². The SMILES string of the molecule is NCCC1=C=C=C=[C-]1.[C]1=C=C=C=[C-]1.[Fe+2]. The third kappa shape index (κ3) is 5.31. The summed E-state index contributed by atoms with van der Waals surface area (Å²) in [5.74, 6) is 0. The molecule has 0 saturated heterocycles. The summed E-state index contributed by atoms with van der Waals surface area (Å²) < 4.78 is 0. The van der Waals surface area contributed by atoms with Gasteiger partial charge in [-0.15, -0.1) is 23.8 Å². The summed E-state index contributed by atoms with van der Waals surface area (Å²) in [6, 6.07) is 0. The van der Waals surface area contributed by atoms with E-state index in [4.69, 9.17) is 5.73 Å². The van der Waals surface area contributed by atoms with Crippen LogP contribution < -0.4 is 5.73 Å². The molecule has 14 heavy (non-hydrogen) atoms. The molecule has 1 radical (unpaired) electrons. The van der Waals surface area contributed by atoms with Gasteiger partial charge in [0.15, 0.2) is 0 Å². The van der Waals surface area contributed by atoms with Gasteiger partial charge in [0, 0.05) is 0 Å². The predicted molar refractivity (Wildman–Crippen MR) is 48.0 cm³/mol. The van der Waals surface area contributed by atoms with E-state index < -0.39 is 0 Å². The van der Waals surface area contributed by atoms with E-state index in [1.165, 1.54) is 0 Å². The molecule has 2 aliphatic carbocycles. The van der Waals surface area contributed by atoms with Crippen LogP contribution in [0.15, 0.2) is 40.0 Å². The molecule has 0 unspecified atom stereocenters. The zero-order valence-corrected chi connectivity index (χ0v) is 8.45. The average Bonchev–Trinajstić information content (AvgIpc) is 2.79. The predicted octanol–water partition coefficient (Wildman–Crippen LogP) is 1.17. The number of hydrogen-bond acceptors (Lipinski definition) is 1. The van der Waals surface area contributed by atoms with Gasteiger partial charge in [-0.2, -0.15) is 0 Å². The van der Waals surface area contributed by atoms with Crippen molar-refractivity contribution >= 4 is 0 Å².